The smallest absolute Gasteiger partial charge is 0.266 e. The zero-order chi connectivity index (χ0) is 14.0. The van der Waals surface area contributed by atoms with Crippen LogP contribution in [-0.2, 0) is 10.0 Å². The number of aliphatic hydroxyl groups is 1. The summed E-state index contributed by atoms with van der Waals surface area (Å²) < 4.78 is 26.4. The van der Waals surface area contributed by atoms with Gasteiger partial charge < -0.3 is 10.1 Å². The normalized spacial score (nSPS) is 15.3. The molecule has 0 spiro atoms. The fourth-order valence-electron chi connectivity index (χ4n) is 1.19. The topological polar surface area (TPSA) is 99.3 Å². The van der Waals surface area contributed by atoms with Gasteiger partial charge in [0.1, 0.15) is 5.02 Å². The lowest BCUT2D eigenvalue weighted by atomic mass is 10.0. The number of pyridine rings is 1. The number of halogens is 1. The molecule has 1 aromatic heterocycles. The molecule has 8 heteroatoms. The molecule has 0 aliphatic heterocycles. The van der Waals surface area contributed by atoms with E-state index in [0.717, 1.165) is 12.3 Å². The fraction of sp³-hybridized carbons (Fsp3) is 0.500. The maximum atomic E-state index is 12.0. The van der Waals surface area contributed by atoms with Crippen LogP contribution in [0, 0.1) is 0 Å². The predicted octanol–water partition coefficient (Wildman–Crippen LogP) is 0.468. The second-order valence-electron chi connectivity index (χ2n) is 4.19. The number of hydrogen-bond donors (Lipinski definition) is 3. The van der Waals surface area contributed by atoms with E-state index in [9.17, 15) is 18.3 Å². The minimum atomic E-state index is -3.85. The molecule has 0 saturated heterocycles. The molecule has 0 fully saturated rings. The molecule has 0 saturated carbocycles. The zero-order valence-corrected chi connectivity index (χ0v) is 11.6. The van der Waals surface area contributed by atoms with Crippen molar-refractivity contribution in [2.45, 2.75) is 30.7 Å². The van der Waals surface area contributed by atoms with Crippen LogP contribution in [0.15, 0.2) is 22.0 Å². The second kappa shape index (κ2) is 5.40. The van der Waals surface area contributed by atoms with E-state index in [4.69, 9.17) is 11.6 Å². The van der Waals surface area contributed by atoms with Crippen LogP contribution in [0.3, 0.4) is 0 Å². The molecule has 1 aromatic rings. The van der Waals surface area contributed by atoms with Gasteiger partial charge in [-0.3, -0.25) is 4.79 Å². The first-order valence-electron chi connectivity index (χ1n) is 5.27. The number of H-pyrrole nitrogens is 1. The first-order chi connectivity index (χ1) is 8.24. The van der Waals surface area contributed by atoms with E-state index in [2.05, 4.69) is 9.71 Å². The quantitative estimate of drug-likeness (QED) is 0.735. The minimum absolute atomic E-state index is 0.153. The van der Waals surface area contributed by atoms with Gasteiger partial charge in [-0.1, -0.05) is 18.5 Å². The van der Waals surface area contributed by atoms with Gasteiger partial charge in [0.25, 0.3) is 5.56 Å². The van der Waals surface area contributed by atoms with Gasteiger partial charge in [-0.25, -0.2) is 13.1 Å². The highest BCUT2D eigenvalue weighted by atomic mass is 35.5. The molecule has 6 nitrogen and oxygen atoms in total. The summed E-state index contributed by atoms with van der Waals surface area (Å²) in [7, 11) is -3.85. The predicted molar refractivity (Wildman–Crippen MR) is 68.2 cm³/mol. The molecule has 0 aliphatic rings. The molecule has 0 bridgehead atoms. The number of nitrogens with one attached hydrogen (secondary N) is 2. The van der Waals surface area contributed by atoms with E-state index >= 15 is 0 Å². The van der Waals surface area contributed by atoms with Gasteiger partial charge in [-0.2, -0.15) is 0 Å². The lowest BCUT2D eigenvalue weighted by Crippen LogP contribution is -2.48. The van der Waals surface area contributed by atoms with E-state index in [-0.39, 0.29) is 16.5 Å². The Morgan fingerprint density at radius 2 is 2.17 bits per heavy atom. The van der Waals surface area contributed by atoms with E-state index in [1.807, 2.05) is 0 Å². The van der Waals surface area contributed by atoms with Crippen molar-refractivity contribution in [3.8, 4) is 0 Å². The van der Waals surface area contributed by atoms with Crippen LogP contribution in [0.25, 0.3) is 0 Å². The number of aromatic amines is 1. The molecule has 102 valence electrons. The van der Waals surface area contributed by atoms with Gasteiger partial charge in [0, 0.05) is 6.20 Å². The molecule has 0 amide bonds. The zero-order valence-electron chi connectivity index (χ0n) is 10.0. The van der Waals surface area contributed by atoms with Gasteiger partial charge in [-0.15, -0.1) is 0 Å². The second-order valence-corrected chi connectivity index (χ2v) is 6.28. The third-order valence-electron chi connectivity index (χ3n) is 2.65. The largest absolute Gasteiger partial charge is 0.394 e. The Bertz CT molecular complexity index is 578. The number of sulfonamides is 1. The molecule has 3 N–H and O–H groups in total. The third kappa shape index (κ3) is 3.32. The summed E-state index contributed by atoms with van der Waals surface area (Å²) in [6, 6.07) is 1.07. The van der Waals surface area contributed by atoms with Crippen molar-refractivity contribution in [1.29, 1.82) is 0 Å². The molecule has 1 heterocycles. The standard InChI is InChI=1S/C10H15ClN2O4S/c1-3-10(2,6-14)13-18(16,17)7-4-8(11)9(15)12-5-7/h4-5,13-14H,3,6H2,1-2H3,(H,12,15). The van der Waals surface area contributed by atoms with Gasteiger partial charge in [0.2, 0.25) is 10.0 Å². The lowest BCUT2D eigenvalue weighted by Gasteiger charge is -2.26. The van der Waals surface area contributed by atoms with Crippen LogP contribution >= 0.6 is 11.6 Å². The highest BCUT2D eigenvalue weighted by Crippen LogP contribution is 2.16. The Kier molecular flexibility index (Phi) is 4.55. The number of aromatic nitrogens is 1. The van der Waals surface area contributed by atoms with Gasteiger partial charge >= 0.3 is 0 Å². The molecular weight excluding hydrogens is 280 g/mol. The monoisotopic (exact) mass is 294 g/mol. The summed E-state index contributed by atoms with van der Waals surface area (Å²) in [6.07, 6.45) is 1.48. The summed E-state index contributed by atoms with van der Waals surface area (Å²) in [5.74, 6) is 0. The van der Waals surface area contributed by atoms with Crippen LogP contribution in [0.4, 0.5) is 0 Å². The summed E-state index contributed by atoms with van der Waals surface area (Å²) in [5.41, 5.74) is -1.52. The van der Waals surface area contributed by atoms with Crippen LogP contribution < -0.4 is 10.3 Å². The van der Waals surface area contributed by atoms with Crippen molar-refractivity contribution < 1.29 is 13.5 Å². The molecule has 1 unspecified atom stereocenters. The maximum Gasteiger partial charge on any atom is 0.266 e. The molecule has 0 aliphatic carbocycles. The first kappa shape index (κ1) is 15.2. The minimum Gasteiger partial charge on any atom is -0.394 e. The summed E-state index contributed by atoms with van der Waals surface area (Å²) in [5, 5.41) is 8.98. The number of rotatable bonds is 5. The Hall–Kier alpha value is -0.890. The van der Waals surface area contributed by atoms with Crippen molar-refractivity contribution in [3.63, 3.8) is 0 Å². The summed E-state index contributed by atoms with van der Waals surface area (Å²) >= 11 is 5.57. The average molecular weight is 295 g/mol. The number of hydrogen-bond acceptors (Lipinski definition) is 4. The Morgan fingerprint density at radius 3 is 2.61 bits per heavy atom. The SMILES string of the molecule is CCC(C)(CO)NS(=O)(=O)c1c[nH]c(=O)c(Cl)c1. The third-order valence-corrected chi connectivity index (χ3v) is 4.55. The van der Waals surface area contributed by atoms with Crippen molar-refractivity contribution in [2.24, 2.45) is 0 Å². The molecule has 0 aromatic carbocycles. The Balaban J connectivity index is 3.14. The van der Waals surface area contributed by atoms with E-state index in [0.29, 0.717) is 6.42 Å². The van der Waals surface area contributed by atoms with Gasteiger partial charge in [-0.05, 0) is 19.4 Å². The Morgan fingerprint density at radius 1 is 1.56 bits per heavy atom. The van der Waals surface area contributed by atoms with Crippen LogP contribution in [0.2, 0.25) is 5.02 Å². The van der Waals surface area contributed by atoms with Crippen molar-refractivity contribution >= 4 is 21.6 Å². The lowest BCUT2D eigenvalue weighted by molar-refractivity contribution is 0.191. The maximum absolute atomic E-state index is 12.0. The van der Waals surface area contributed by atoms with E-state index in [1.165, 1.54) is 0 Å². The van der Waals surface area contributed by atoms with Crippen molar-refractivity contribution in [1.82, 2.24) is 9.71 Å². The highest BCUT2D eigenvalue weighted by Gasteiger charge is 2.28. The summed E-state index contributed by atoms with van der Waals surface area (Å²) in [4.78, 5) is 13.1. The van der Waals surface area contributed by atoms with Crippen molar-refractivity contribution in [3.05, 3.63) is 27.6 Å². The molecule has 1 rings (SSSR count). The fourth-order valence-corrected chi connectivity index (χ4v) is 2.89. The van der Waals surface area contributed by atoms with Crippen LogP contribution in [0.1, 0.15) is 20.3 Å². The van der Waals surface area contributed by atoms with Gasteiger partial charge in [0.15, 0.2) is 0 Å². The molecule has 1 atom stereocenters. The van der Waals surface area contributed by atoms with Crippen LogP contribution in [0.5, 0.6) is 0 Å². The number of aliphatic hydroxyl groups excluding tert-OH is 1. The van der Waals surface area contributed by atoms with E-state index < -0.39 is 21.1 Å². The first-order valence-corrected chi connectivity index (χ1v) is 7.13. The van der Waals surface area contributed by atoms with Crippen molar-refractivity contribution in [2.75, 3.05) is 6.61 Å². The molecule has 0 radical (unpaired) electrons. The molecule has 18 heavy (non-hydrogen) atoms. The molecular formula is C10H15ClN2O4S. The average Bonchev–Trinajstić information content (AvgIpc) is 2.32. The van der Waals surface area contributed by atoms with Crippen LogP contribution in [-0.4, -0.2) is 30.7 Å². The Labute approximate surface area is 110 Å². The van der Waals surface area contributed by atoms with E-state index in [1.54, 1.807) is 13.8 Å². The van der Waals surface area contributed by atoms with Gasteiger partial charge in [0.05, 0.1) is 17.0 Å². The summed E-state index contributed by atoms with van der Waals surface area (Å²) in [6.45, 7) is 3.00. The highest BCUT2D eigenvalue weighted by molar-refractivity contribution is 7.89.